The van der Waals surface area contributed by atoms with Crippen molar-refractivity contribution >= 4 is 39.7 Å². The third-order valence-electron chi connectivity index (χ3n) is 4.61. The Hall–Kier alpha value is 0.910. The van der Waals surface area contributed by atoms with Crippen molar-refractivity contribution < 1.29 is 12.6 Å². The fourth-order valence-corrected chi connectivity index (χ4v) is 3.46. The van der Waals surface area contributed by atoms with Gasteiger partial charge in [0.15, 0.2) is 0 Å². The molecule has 0 radical (unpaired) electrons. The molecular formula is C20H43NaO3S. The normalized spacial score (nSPS) is 11.4. The maximum atomic E-state index is 11.1. The first kappa shape index (κ1) is 28.1. The van der Waals surface area contributed by atoms with Gasteiger partial charge in [0, 0.05) is 0 Å². The van der Waals surface area contributed by atoms with Crippen LogP contribution in [0.1, 0.15) is 117 Å². The van der Waals surface area contributed by atoms with E-state index in [-0.39, 0.29) is 35.3 Å². The molecule has 0 atom stereocenters. The second kappa shape index (κ2) is 21.2. The van der Waals surface area contributed by atoms with Gasteiger partial charge in [-0.1, -0.05) is 103 Å². The molecular weight excluding hydrogens is 343 g/mol. The Labute approximate surface area is 180 Å². The summed E-state index contributed by atoms with van der Waals surface area (Å²) in [6.45, 7) is 4.24. The van der Waals surface area contributed by atoms with E-state index >= 15 is 0 Å². The van der Waals surface area contributed by atoms with Crippen LogP contribution in [-0.2, 0) is 14.3 Å². The van der Waals surface area contributed by atoms with Crippen LogP contribution >= 0.6 is 0 Å². The van der Waals surface area contributed by atoms with Gasteiger partial charge < -0.3 is 0 Å². The van der Waals surface area contributed by atoms with Crippen molar-refractivity contribution in [3.05, 3.63) is 0 Å². The molecule has 0 heterocycles. The molecule has 0 aliphatic rings. The van der Waals surface area contributed by atoms with Crippen LogP contribution in [0.15, 0.2) is 0 Å². The van der Waals surface area contributed by atoms with Gasteiger partial charge in [0.1, 0.15) is 0 Å². The molecule has 3 nitrogen and oxygen atoms in total. The summed E-state index contributed by atoms with van der Waals surface area (Å²) in [4.78, 5) is 0. The van der Waals surface area contributed by atoms with Crippen LogP contribution in [0.25, 0.3) is 0 Å². The topological polar surface area (TPSA) is 43.4 Å². The molecule has 0 bridgehead atoms. The third kappa shape index (κ3) is 22.9. The Balaban J connectivity index is 0. The summed E-state index contributed by atoms with van der Waals surface area (Å²) in [5.41, 5.74) is 0. The number of hydrogen-bond acceptors (Lipinski definition) is 3. The minimum absolute atomic E-state index is 0. The molecule has 0 aromatic carbocycles. The Bertz CT molecular complexity index is 345. The maximum absolute atomic E-state index is 11.1. The zero-order valence-electron chi connectivity index (χ0n) is 16.4. The van der Waals surface area contributed by atoms with E-state index in [1.165, 1.54) is 89.9 Å². The first-order valence-corrected chi connectivity index (χ1v) is 12.1. The van der Waals surface area contributed by atoms with E-state index in [0.717, 1.165) is 12.8 Å². The molecule has 0 saturated heterocycles. The zero-order chi connectivity index (χ0) is 17.9. The molecule has 0 spiro atoms. The van der Waals surface area contributed by atoms with E-state index in [4.69, 9.17) is 4.18 Å². The van der Waals surface area contributed by atoms with Crippen LogP contribution in [0.4, 0.5) is 0 Å². The molecule has 0 saturated carbocycles. The van der Waals surface area contributed by atoms with E-state index < -0.39 is 10.1 Å². The molecule has 0 fully saturated rings. The van der Waals surface area contributed by atoms with E-state index in [1.54, 1.807) is 6.92 Å². The molecule has 0 rings (SSSR count). The van der Waals surface area contributed by atoms with E-state index in [9.17, 15) is 8.42 Å². The number of rotatable bonds is 19. The number of hydrogen-bond donors (Lipinski definition) is 0. The first-order valence-electron chi connectivity index (χ1n) is 10.5. The molecule has 0 N–H and O–H groups in total. The average Bonchev–Trinajstić information content (AvgIpc) is 2.57. The second-order valence-corrected chi connectivity index (χ2v) is 8.90. The Morgan fingerprint density at radius 2 is 0.880 bits per heavy atom. The Morgan fingerprint density at radius 3 is 1.20 bits per heavy atom. The summed E-state index contributed by atoms with van der Waals surface area (Å²) in [6, 6.07) is 0. The summed E-state index contributed by atoms with van der Waals surface area (Å²) < 4.78 is 27.1. The van der Waals surface area contributed by atoms with E-state index in [0.29, 0.717) is 6.61 Å². The molecule has 0 aliphatic carbocycles. The molecule has 25 heavy (non-hydrogen) atoms. The van der Waals surface area contributed by atoms with Crippen molar-refractivity contribution in [2.75, 3.05) is 12.4 Å². The molecule has 0 amide bonds. The van der Waals surface area contributed by atoms with Gasteiger partial charge >= 0.3 is 29.6 Å². The summed E-state index contributed by atoms with van der Waals surface area (Å²) in [7, 11) is -3.24. The standard InChI is InChI=1S/C20H42O3S.Na.H/c1-3-5-6-7-8-9-10-11-12-13-14-15-16-17-18-19-20-23-24(21,22)4-2;;/h3-20H2,1-2H3;;. The fraction of sp³-hybridized carbons (Fsp3) is 1.00. The fourth-order valence-electron chi connectivity index (χ4n) is 2.92. The molecule has 0 aliphatic heterocycles. The van der Waals surface area contributed by atoms with Crippen molar-refractivity contribution in [2.24, 2.45) is 0 Å². The molecule has 0 aromatic heterocycles. The first-order chi connectivity index (χ1) is 11.6. The minimum atomic E-state index is -3.24. The van der Waals surface area contributed by atoms with Crippen molar-refractivity contribution in [2.45, 2.75) is 117 Å². The van der Waals surface area contributed by atoms with Crippen LogP contribution < -0.4 is 0 Å². The van der Waals surface area contributed by atoms with Gasteiger partial charge in [0.2, 0.25) is 0 Å². The van der Waals surface area contributed by atoms with Crippen LogP contribution in [0.3, 0.4) is 0 Å². The van der Waals surface area contributed by atoms with Crippen LogP contribution in [0.2, 0.25) is 0 Å². The van der Waals surface area contributed by atoms with Crippen molar-refractivity contribution in [1.82, 2.24) is 0 Å². The predicted octanol–water partition coefficient (Wildman–Crippen LogP) is 5.97. The van der Waals surface area contributed by atoms with Gasteiger partial charge in [-0.15, -0.1) is 0 Å². The van der Waals surface area contributed by atoms with Gasteiger partial charge in [-0.05, 0) is 13.3 Å². The van der Waals surface area contributed by atoms with Crippen LogP contribution in [-0.4, -0.2) is 50.3 Å². The predicted molar refractivity (Wildman–Crippen MR) is 112 cm³/mol. The Morgan fingerprint density at radius 1 is 0.560 bits per heavy atom. The monoisotopic (exact) mass is 386 g/mol. The molecule has 5 heteroatoms. The third-order valence-corrected chi connectivity index (χ3v) is 5.85. The second-order valence-electron chi connectivity index (χ2n) is 6.97. The van der Waals surface area contributed by atoms with Gasteiger partial charge in [0.25, 0.3) is 10.1 Å². The Kier molecular flexibility index (Phi) is 23.9. The quantitative estimate of drug-likeness (QED) is 0.156. The summed E-state index contributed by atoms with van der Waals surface area (Å²) in [5.74, 6) is 0.0753. The number of unbranched alkanes of at least 4 members (excludes halogenated alkanes) is 15. The average molecular weight is 387 g/mol. The molecule has 148 valence electrons. The van der Waals surface area contributed by atoms with Crippen LogP contribution in [0, 0.1) is 0 Å². The van der Waals surface area contributed by atoms with Crippen molar-refractivity contribution in [3.63, 3.8) is 0 Å². The summed E-state index contributed by atoms with van der Waals surface area (Å²) in [6.07, 6.45) is 21.2. The van der Waals surface area contributed by atoms with Gasteiger partial charge in [0.05, 0.1) is 12.4 Å². The van der Waals surface area contributed by atoms with E-state index in [2.05, 4.69) is 6.92 Å². The van der Waals surface area contributed by atoms with Crippen molar-refractivity contribution in [1.29, 1.82) is 0 Å². The van der Waals surface area contributed by atoms with Gasteiger partial charge in [-0.2, -0.15) is 8.42 Å². The summed E-state index contributed by atoms with van der Waals surface area (Å²) in [5, 5.41) is 0. The van der Waals surface area contributed by atoms with Gasteiger partial charge in [-0.3, -0.25) is 4.18 Å². The summed E-state index contributed by atoms with van der Waals surface area (Å²) >= 11 is 0. The van der Waals surface area contributed by atoms with Crippen molar-refractivity contribution in [3.8, 4) is 0 Å². The molecule has 0 aromatic rings. The van der Waals surface area contributed by atoms with Gasteiger partial charge in [-0.25, -0.2) is 0 Å². The SMILES string of the molecule is CCCCCCCCCCCCCCCCCCOS(=O)(=O)CC.[NaH]. The van der Waals surface area contributed by atoms with E-state index in [1.807, 2.05) is 0 Å². The molecule has 0 unspecified atom stereocenters. The zero-order valence-corrected chi connectivity index (χ0v) is 17.2. The van der Waals surface area contributed by atoms with Crippen LogP contribution in [0.5, 0.6) is 0 Å².